The molecular formula is C15H21NO2. The largest absolute Gasteiger partial charge is 0.494 e. The van der Waals surface area contributed by atoms with Crippen LogP contribution in [-0.4, -0.2) is 25.4 Å². The summed E-state index contributed by atoms with van der Waals surface area (Å²) in [4.78, 5) is 0. The monoisotopic (exact) mass is 247 g/mol. The highest BCUT2D eigenvalue weighted by atomic mass is 16.5. The number of fused-ring (bicyclic) bond motifs is 2. The van der Waals surface area contributed by atoms with E-state index in [1.165, 1.54) is 12.8 Å². The van der Waals surface area contributed by atoms with Crippen LogP contribution in [-0.2, 0) is 4.74 Å². The number of hydrogen-bond donors (Lipinski definition) is 1. The van der Waals surface area contributed by atoms with Gasteiger partial charge in [-0.1, -0.05) is 18.2 Å². The Labute approximate surface area is 108 Å². The van der Waals surface area contributed by atoms with Gasteiger partial charge in [0.15, 0.2) is 0 Å². The van der Waals surface area contributed by atoms with E-state index >= 15 is 0 Å². The molecule has 0 amide bonds. The van der Waals surface area contributed by atoms with E-state index in [4.69, 9.17) is 15.2 Å². The number of rotatable bonds is 5. The van der Waals surface area contributed by atoms with E-state index in [9.17, 15) is 0 Å². The van der Waals surface area contributed by atoms with Crippen molar-refractivity contribution in [3.8, 4) is 5.75 Å². The van der Waals surface area contributed by atoms with E-state index in [1.807, 2.05) is 30.3 Å². The summed E-state index contributed by atoms with van der Waals surface area (Å²) < 4.78 is 11.7. The Bertz CT molecular complexity index is 395. The summed E-state index contributed by atoms with van der Waals surface area (Å²) in [6.07, 6.45) is 5.33. The molecule has 2 N–H and O–H groups in total. The van der Waals surface area contributed by atoms with Crippen molar-refractivity contribution < 1.29 is 9.47 Å². The van der Waals surface area contributed by atoms with Gasteiger partial charge in [-0.05, 0) is 37.8 Å². The SMILES string of the molecule is NCC1(CCOc2ccccc2)CC2CCC1O2. The third-order valence-corrected chi connectivity index (χ3v) is 4.44. The first-order valence-corrected chi connectivity index (χ1v) is 6.86. The molecule has 0 aliphatic carbocycles. The topological polar surface area (TPSA) is 44.5 Å². The second-order valence-corrected chi connectivity index (χ2v) is 5.51. The highest BCUT2D eigenvalue weighted by molar-refractivity contribution is 5.20. The molecule has 3 rings (SSSR count). The fraction of sp³-hybridized carbons (Fsp3) is 0.600. The first kappa shape index (κ1) is 12.0. The van der Waals surface area contributed by atoms with Crippen LogP contribution in [0, 0.1) is 5.41 Å². The summed E-state index contributed by atoms with van der Waals surface area (Å²) in [6.45, 7) is 1.44. The molecule has 3 nitrogen and oxygen atoms in total. The highest BCUT2D eigenvalue weighted by Gasteiger charge is 2.51. The van der Waals surface area contributed by atoms with Crippen molar-refractivity contribution in [2.45, 2.75) is 37.9 Å². The molecule has 2 aliphatic heterocycles. The number of para-hydroxylation sites is 1. The van der Waals surface area contributed by atoms with Crippen LogP contribution in [0.5, 0.6) is 5.75 Å². The van der Waals surface area contributed by atoms with Gasteiger partial charge in [0.2, 0.25) is 0 Å². The standard InChI is InChI=1S/C15H21NO2/c16-11-15(10-13-6-7-14(15)18-13)8-9-17-12-4-2-1-3-5-12/h1-5,13-14H,6-11,16H2. The number of hydrogen-bond acceptors (Lipinski definition) is 3. The van der Waals surface area contributed by atoms with E-state index < -0.39 is 0 Å². The molecule has 0 saturated carbocycles. The van der Waals surface area contributed by atoms with Crippen LogP contribution in [0.15, 0.2) is 30.3 Å². The fourth-order valence-corrected chi connectivity index (χ4v) is 3.36. The van der Waals surface area contributed by atoms with Gasteiger partial charge in [0.1, 0.15) is 5.75 Å². The first-order chi connectivity index (χ1) is 8.82. The van der Waals surface area contributed by atoms with Crippen molar-refractivity contribution in [3.05, 3.63) is 30.3 Å². The average Bonchev–Trinajstić information content (AvgIpc) is 3.01. The Morgan fingerprint density at radius 3 is 2.72 bits per heavy atom. The summed E-state index contributed by atoms with van der Waals surface area (Å²) in [5, 5.41) is 0. The summed E-state index contributed by atoms with van der Waals surface area (Å²) in [7, 11) is 0. The molecule has 2 aliphatic rings. The predicted molar refractivity (Wildman–Crippen MR) is 70.6 cm³/mol. The van der Waals surface area contributed by atoms with Crippen LogP contribution < -0.4 is 10.5 Å². The minimum absolute atomic E-state index is 0.164. The Hall–Kier alpha value is -1.06. The Kier molecular flexibility index (Phi) is 3.27. The Morgan fingerprint density at radius 2 is 2.11 bits per heavy atom. The van der Waals surface area contributed by atoms with Crippen LogP contribution in [0.1, 0.15) is 25.7 Å². The van der Waals surface area contributed by atoms with Gasteiger partial charge >= 0.3 is 0 Å². The van der Waals surface area contributed by atoms with Crippen LogP contribution in [0.3, 0.4) is 0 Å². The van der Waals surface area contributed by atoms with Gasteiger partial charge in [0.05, 0.1) is 18.8 Å². The molecule has 2 fully saturated rings. The lowest BCUT2D eigenvalue weighted by molar-refractivity contribution is 0.0530. The normalized spacial score (nSPS) is 33.8. The molecule has 98 valence electrons. The van der Waals surface area contributed by atoms with Crippen LogP contribution in [0.2, 0.25) is 0 Å². The molecule has 18 heavy (non-hydrogen) atoms. The zero-order chi connectivity index (χ0) is 12.4. The highest BCUT2D eigenvalue weighted by Crippen LogP contribution is 2.49. The smallest absolute Gasteiger partial charge is 0.119 e. The Morgan fingerprint density at radius 1 is 1.28 bits per heavy atom. The van der Waals surface area contributed by atoms with E-state index in [-0.39, 0.29) is 5.41 Å². The van der Waals surface area contributed by atoms with E-state index in [0.29, 0.717) is 18.8 Å². The van der Waals surface area contributed by atoms with E-state index in [1.54, 1.807) is 0 Å². The second kappa shape index (κ2) is 4.90. The molecule has 3 atom stereocenters. The molecule has 2 saturated heterocycles. The average molecular weight is 247 g/mol. The number of ether oxygens (including phenoxy) is 2. The summed E-state index contributed by atoms with van der Waals surface area (Å²) >= 11 is 0. The van der Waals surface area contributed by atoms with E-state index in [2.05, 4.69) is 0 Å². The van der Waals surface area contributed by atoms with Gasteiger partial charge in [0.25, 0.3) is 0 Å². The predicted octanol–water partition coefficient (Wildman–Crippen LogP) is 2.35. The van der Waals surface area contributed by atoms with E-state index in [0.717, 1.165) is 25.2 Å². The van der Waals surface area contributed by atoms with Crippen LogP contribution >= 0.6 is 0 Å². The molecule has 1 aromatic rings. The van der Waals surface area contributed by atoms with Crippen molar-refractivity contribution in [2.24, 2.45) is 11.1 Å². The molecule has 2 bridgehead atoms. The molecule has 1 aromatic carbocycles. The number of nitrogens with two attached hydrogens (primary N) is 1. The van der Waals surface area contributed by atoms with Crippen molar-refractivity contribution >= 4 is 0 Å². The maximum Gasteiger partial charge on any atom is 0.119 e. The number of benzene rings is 1. The van der Waals surface area contributed by atoms with Crippen molar-refractivity contribution in [3.63, 3.8) is 0 Å². The minimum Gasteiger partial charge on any atom is -0.494 e. The van der Waals surface area contributed by atoms with Gasteiger partial charge in [-0.3, -0.25) is 0 Å². The van der Waals surface area contributed by atoms with Crippen molar-refractivity contribution in [1.29, 1.82) is 0 Å². The van der Waals surface area contributed by atoms with Gasteiger partial charge in [0, 0.05) is 12.0 Å². The zero-order valence-corrected chi connectivity index (χ0v) is 10.7. The second-order valence-electron chi connectivity index (χ2n) is 5.51. The molecular weight excluding hydrogens is 226 g/mol. The van der Waals surface area contributed by atoms with Gasteiger partial charge in [-0.2, -0.15) is 0 Å². The van der Waals surface area contributed by atoms with Gasteiger partial charge < -0.3 is 15.2 Å². The molecule has 3 heteroatoms. The zero-order valence-electron chi connectivity index (χ0n) is 10.7. The van der Waals surface area contributed by atoms with Crippen molar-refractivity contribution in [2.75, 3.05) is 13.2 Å². The molecule has 0 radical (unpaired) electrons. The summed E-state index contributed by atoms with van der Waals surface area (Å²) in [5.74, 6) is 0.939. The third kappa shape index (κ3) is 2.13. The summed E-state index contributed by atoms with van der Waals surface area (Å²) in [5.41, 5.74) is 6.16. The Balaban J connectivity index is 1.56. The molecule has 2 heterocycles. The molecule has 3 unspecified atom stereocenters. The maximum atomic E-state index is 6.00. The van der Waals surface area contributed by atoms with Gasteiger partial charge in [-0.15, -0.1) is 0 Å². The summed E-state index contributed by atoms with van der Waals surface area (Å²) in [6, 6.07) is 9.97. The molecule has 0 aromatic heterocycles. The third-order valence-electron chi connectivity index (χ3n) is 4.44. The lowest BCUT2D eigenvalue weighted by Crippen LogP contribution is -2.40. The quantitative estimate of drug-likeness (QED) is 0.868. The lowest BCUT2D eigenvalue weighted by atomic mass is 9.72. The molecule has 0 spiro atoms. The minimum atomic E-state index is 0.164. The lowest BCUT2D eigenvalue weighted by Gasteiger charge is -2.34. The van der Waals surface area contributed by atoms with Crippen LogP contribution in [0.25, 0.3) is 0 Å². The fourth-order valence-electron chi connectivity index (χ4n) is 3.36. The van der Waals surface area contributed by atoms with Crippen molar-refractivity contribution in [1.82, 2.24) is 0 Å². The van der Waals surface area contributed by atoms with Crippen LogP contribution in [0.4, 0.5) is 0 Å². The van der Waals surface area contributed by atoms with Gasteiger partial charge in [-0.25, -0.2) is 0 Å². The maximum absolute atomic E-state index is 6.00. The first-order valence-electron chi connectivity index (χ1n) is 6.86.